The molecular weight excluding hydrogens is 242 g/mol. The Morgan fingerprint density at radius 2 is 2.21 bits per heavy atom. The fourth-order valence-electron chi connectivity index (χ4n) is 1.84. The summed E-state index contributed by atoms with van der Waals surface area (Å²) in [5.74, 6) is -0.509. The highest BCUT2D eigenvalue weighted by molar-refractivity contribution is 5.90. The van der Waals surface area contributed by atoms with Gasteiger partial charge in [-0.05, 0) is 38.1 Å². The Kier molecular flexibility index (Phi) is 3.62. The fraction of sp³-hybridized carbons (Fsp3) is 0.214. The number of benzene rings is 1. The second-order valence-corrected chi connectivity index (χ2v) is 4.12. The van der Waals surface area contributed by atoms with E-state index < -0.39 is 5.97 Å². The number of nitrogens with zero attached hydrogens (tertiary/aromatic N) is 3. The summed E-state index contributed by atoms with van der Waals surface area (Å²) in [5.41, 5.74) is 3.09. The standard InChI is InChI=1S/C14H13N3O2/c1-10-8-11(2)17(16-10)13-5-3-4-12(9-13)14(18)19-7-6-15/h3-5,8-9H,7H2,1-2H3. The van der Waals surface area contributed by atoms with Crippen molar-refractivity contribution in [2.24, 2.45) is 0 Å². The van der Waals surface area contributed by atoms with E-state index in [0.717, 1.165) is 17.1 Å². The van der Waals surface area contributed by atoms with Crippen molar-refractivity contribution in [3.63, 3.8) is 0 Å². The molecule has 0 atom stereocenters. The van der Waals surface area contributed by atoms with Crippen molar-refractivity contribution in [2.45, 2.75) is 13.8 Å². The van der Waals surface area contributed by atoms with Crippen LogP contribution in [0.25, 0.3) is 5.69 Å². The Bertz CT molecular complexity index is 653. The third kappa shape index (κ3) is 2.80. The van der Waals surface area contributed by atoms with Crippen molar-refractivity contribution in [2.75, 3.05) is 6.61 Å². The van der Waals surface area contributed by atoms with Crippen LogP contribution in [-0.4, -0.2) is 22.4 Å². The second kappa shape index (κ2) is 5.36. The number of aromatic nitrogens is 2. The normalized spacial score (nSPS) is 9.95. The molecule has 0 N–H and O–H groups in total. The molecule has 0 saturated carbocycles. The minimum Gasteiger partial charge on any atom is -0.447 e. The lowest BCUT2D eigenvalue weighted by Crippen LogP contribution is -2.07. The van der Waals surface area contributed by atoms with Crippen molar-refractivity contribution in [1.29, 1.82) is 5.26 Å². The van der Waals surface area contributed by atoms with Gasteiger partial charge in [0.15, 0.2) is 6.61 Å². The third-order valence-electron chi connectivity index (χ3n) is 2.60. The Morgan fingerprint density at radius 3 is 2.84 bits per heavy atom. The van der Waals surface area contributed by atoms with Crippen LogP contribution in [0.15, 0.2) is 30.3 Å². The van der Waals surface area contributed by atoms with E-state index in [2.05, 4.69) is 5.10 Å². The zero-order chi connectivity index (χ0) is 13.8. The van der Waals surface area contributed by atoms with Crippen LogP contribution >= 0.6 is 0 Å². The van der Waals surface area contributed by atoms with Crippen molar-refractivity contribution in [3.05, 3.63) is 47.3 Å². The molecule has 0 aliphatic heterocycles. The van der Waals surface area contributed by atoms with E-state index in [4.69, 9.17) is 10.00 Å². The van der Waals surface area contributed by atoms with E-state index in [1.165, 1.54) is 0 Å². The van der Waals surface area contributed by atoms with Gasteiger partial charge in [0.1, 0.15) is 6.07 Å². The largest absolute Gasteiger partial charge is 0.447 e. The third-order valence-corrected chi connectivity index (χ3v) is 2.60. The predicted molar refractivity (Wildman–Crippen MR) is 68.9 cm³/mol. The molecule has 0 spiro atoms. The first kappa shape index (κ1) is 12.8. The zero-order valence-electron chi connectivity index (χ0n) is 10.8. The Balaban J connectivity index is 2.32. The molecule has 0 radical (unpaired) electrons. The number of carbonyl (C=O) groups excluding carboxylic acids is 1. The molecule has 2 aromatic rings. The lowest BCUT2D eigenvalue weighted by molar-refractivity contribution is 0.0555. The molecule has 19 heavy (non-hydrogen) atoms. The van der Waals surface area contributed by atoms with Crippen LogP contribution in [0.4, 0.5) is 0 Å². The van der Waals surface area contributed by atoms with Gasteiger partial charge in [-0.15, -0.1) is 0 Å². The smallest absolute Gasteiger partial charge is 0.339 e. The Morgan fingerprint density at radius 1 is 1.42 bits per heavy atom. The Labute approximate surface area is 111 Å². The summed E-state index contributed by atoms with van der Waals surface area (Å²) in [7, 11) is 0. The molecule has 0 fully saturated rings. The van der Waals surface area contributed by atoms with E-state index in [1.807, 2.05) is 26.0 Å². The summed E-state index contributed by atoms with van der Waals surface area (Å²) >= 11 is 0. The van der Waals surface area contributed by atoms with Crippen LogP contribution in [-0.2, 0) is 4.74 Å². The molecule has 0 aliphatic rings. The molecule has 5 heteroatoms. The average molecular weight is 255 g/mol. The lowest BCUT2D eigenvalue weighted by Gasteiger charge is -2.06. The molecule has 96 valence electrons. The van der Waals surface area contributed by atoms with E-state index in [1.54, 1.807) is 29.0 Å². The molecule has 0 bridgehead atoms. The molecule has 0 aliphatic carbocycles. The van der Waals surface area contributed by atoms with Crippen LogP contribution in [0.5, 0.6) is 0 Å². The summed E-state index contributed by atoms with van der Waals surface area (Å²) in [6.45, 7) is 3.61. The molecule has 1 aromatic heterocycles. The number of aryl methyl sites for hydroxylation is 2. The van der Waals surface area contributed by atoms with Crippen molar-refractivity contribution >= 4 is 5.97 Å². The highest BCUT2D eigenvalue weighted by Crippen LogP contribution is 2.14. The maximum Gasteiger partial charge on any atom is 0.339 e. The SMILES string of the molecule is Cc1cc(C)n(-c2cccc(C(=O)OCC#N)c2)n1. The van der Waals surface area contributed by atoms with Crippen LogP contribution in [0.2, 0.25) is 0 Å². The lowest BCUT2D eigenvalue weighted by atomic mass is 10.2. The summed E-state index contributed by atoms with van der Waals surface area (Å²) < 4.78 is 6.53. The van der Waals surface area contributed by atoms with Gasteiger partial charge < -0.3 is 4.74 Å². The molecule has 1 heterocycles. The fourth-order valence-corrected chi connectivity index (χ4v) is 1.84. The molecule has 1 aromatic carbocycles. The maximum absolute atomic E-state index is 11.7. The van der Waals surface area contributed by atoms with E-state index in [-0.39, 0.29) is 6.61 Å². The number of hydrogen-bond donors (Lipinski definition) is 0. The van der Waals surface area contributed by atoms with E-state index >= 15 is 0 Å². The number of esters is 1. The minimum absolute atomic E-state index is 0.247. The van der Waals surface area contributed by atoms with Crippen molar-refractivity contribution in [1.82, 2.24) is 9.78 Å². The first-order valence-corrected chi connectivity index (χ1v) is 5.79. The monoisotopic (exact) mass is 255 g/mol. The summed E-state index contributed by atoms with van der Waals surface area (Å²) in [4.78, 5) is 11.7. The van der Waals surface area contributed by atoms with E-state index in [0.29, 0.717) is 5.56 Å². The highest BCUT2D eigenvalue weighted by Gasteiger charge is 2.10. The molecular formula is C14H13N3O2. The average Bonchev–Trinajstić information content (AvgIpc) is 2.75. The zero-order valence-corrected chi connectivity index (χ0v) is 10.8. The van der Waals surface area contributed by atoms with Gasteiger partial charge >= 0.3 is 5.97 Å². The van der Waals surface area contributed by atoms with Gasteiger partial charge in [0.25, 0.3) is 0 Å². The predicted octanol–water partition coefficient (Wildman–Crippen LogP) is 2.17. The van der Waals surface area contributed by atoms with Crippen LogP contribution in [0.3, 0.4) is 0 Å². The van der Waals surface area contributed by atoms with Gasteiger partial charge in [-0.3, -0.25) is 0 Å². The summed E-state index contributed by atoms with van der Waals surface area (Å²) in [6.07, 6.45) is 0. The maximum atomic E-state index is 11.7. The van der Waals surface area contributed by atoms with Gasteiger partial charge in [0, 0.05) is 5.69 Å². The van der Waals surface area contributed by atoms with Crippen LogP contribution in [0.1, 0.15) is 21.7 Å². The molecule has 2 rings (SSSR count). The number of rotatable bonds is 3. The highest BCUT2D eigenvalue weighted by atomic mass is 16.5. The molecule has 0 unspecified atom stereocenters. The van der Waals surface area contributed by atoms with Crippen molar-refractivity contribution < 1.29 is 9.53 Å². The first-order chi connectivity index (χ1) is 9.11. The number of hydrogen-bond acceptors (Lipinski definition) is 4. The topological polar surface area (TPSA) is 67.9 Å². The first-order valence-electron chi connectivity index (χ1n) is 5.79. The molecule has 5 nitrogen and oxygen atoms in total. The summed E-state index contributed by atoms with van der Waals surface area (Å²) in [5, 5.41) is 12.7. The van der Waals surface area contributed by atoms with Gasteiger partial charge in [0.05, 0.1) is 16.9 Å². The summed E-state index contributed by atoms with van der Waals surface area (Å²) in [6, 6.07) is 10.7. The Hall–Kier alpha value is -2.61. The van der Waals surface area contributed by atoms with E-state index in [9.17, 15) is 4.79 Å². The minimum atomic E-state index is -0.509. The molecule has 0 saturated heterocycles. The van der Waals surface area contributed by atoms with Gasteiger partial charge in [-0.25, -0.2) is 9.48 Å². The van der Waals surface area contributed by atoms with Crippen LogP contribution in [0, 0.1) is 25.2 Å². The number of carbonyl (C=O) groups is 1. The van der Waals surface area contributed by atoms with Gasteiger partial charge in [-0.2, -0.15) is 10.4 Å². The number of ether oxygens (including phenoxy) is 1. The quantitative estimate of drug-likeness (QED) is 0.788. The number of nitriles is 1. The van der Waals surface area contributed by atoms with Crippen LogP contribution < -0.4 is 0 Å². The van der Waals surface area contributed by atoms with Gasteiger partial charge in [0.2, 0.25) is 0 Å². The molecule has 0 amide bonds. The van der Waals surface area contributed by atoms with Crippen molar-refractivity contribution in [3.8, 4) is 11.8 Å². The second-order valence-electron chi connectivity index (χ2n) is 4.12. The van der Waals surface area contributed by atoms with Gasteiger partial charge in [-0.1, -0.05) is 6.07 Å².